The van der Waals surface area contributed by atoms with Crippen molar-refractivity contribution in [3.63, 3.8) is 0 Å². The van der Waals surface area contributed by atoms with Gasteiger partial charge in [0.2, 0.25) is 0 Å². The number of hydrogen-bond acceptors (Lipinski definition) is 5. The fraction of sp³-hybridized carbons (Fsp3) is 0.467. The van der Waals surface area contributed by atoms with E-state index < -0.39 is 0 Å². The number of amides is 2. The van der Waals surface area contributed by atoms with Gasteiger partial charge < -0.3 is 15.5 Å². The van der Waals surface area contributed by atoms with E-state index in [1.807, 2.05) is 11.6 Å². The van der Waals surface area contributed by atoms with Gasteiger partial charge in [-0.1, -0.05) is 0 Å². The van der Waals surface area contributed by atoms with Crippen molar-refractivity contribution in [2.24, 2.45) is 0 Å². The normalized spacial score (nSPS) is 15.8. The highest BCUT2D eigenvalue weighted by Crippen LogP contribution is 2.22. The Morgan fingerprint density at radius 2 is 2.18 bits per heavy atom. The zero-order chi connectivity index (χ0) is 15.4. The number of thiophene rings is 1. The lowest BCUT2D eigenvalue weighted by Crippen LogP contribution is -2.47. The number of piperidine rings is 1. The molecule has 5 nitrogen and oxygen atoms in total. The first kappa shape index (κ1) is 15.3. The Morgan fingerprint density at radius 1 is 1.36 bits per heavy atom. The number of rotatable bonds is 4. The van der Waals surface area contributed by atoms with Crippen LogP contribution in [0.15, 0.2) is 23.0 Å². The molecule has 2 N–H and O–H groups in total. The van der Waals surface area contributed by atoms with E-state index in [-0.39, 0.29) is 12.1 Å². The van der Waals surface area contributed by atoms with Crippen molar-refractivity contribution >= 4 is 33.8 Å². The number of hydrogen-bond donors (Lipinski definition) is 2. The van der Waals surface area contributed by atoms with Crippen LogP contribution < -0.4 is 15.5 Å². The van der Waals surface area contributed by atoms with Crippen LogP contribution in [0.2, 0.25) is 0 Å². The van der Waals surface area contributed by atoms with Gasteiger partial charge in [0.05, 0.1) is 6.54 Å². The second-order valence-corrected chi connectivity index (χ2v) is 7.30. The van der Waals surface area contributed by atoms with Gasteiger partial charge in [0.15, 0.2) is 5.13 Å². The molecule has 118 valence electrons. The van der Waals surface area contributed by atoms with Gasteiger partial charge in [-0.2, -0.15) is 0 Å². The molecule has 1 aliphatic heterocycles. The van der Waals surface area contributed by atoms with E-state index in [2.05, 4.69) is 38.9 Å². The highest BCUT2D eigenvalue weighted by molar-refractivity contribution is 7.13. The van der Waals surface area contributed by atoms with Crippen molar-refractivity contribution in [2.75, 3.05) is 18.0 Å². The summed E-state index contributed by atoms with van der Waals surface area (Å²) in [6, 6.07) is 2.26. The summed E-state index contributed by atoms with van der Waals surface area (Å²) in [4.78, 5) is 19.8. The van der Waals surface area contributed by atoms with Gasteiger partial charge >= 0.3 is 6.03 Å². The molecule has 0 aromatic carbocycles. The molecule has 0 radical (unpaired) electrons. The fourth-order valence-electron chi connectivity index (χ4n) is 2.57. The number of nitrogens with one attached hydrogen (secondary N) is 2. The predicted octanol–water partition coefficient (Wildman–Crippen LogP) is 2.98. The number of aromatic nitrogens is 1. The van der Waals surface area contributed by atoms with Crippen LogP contribution in [0.25, 0.3) is 0 Å². The van der Waals surface area contributed by atoms with Crippen LogP contribution in [-0.2, 0) is 6.54 Å². The molecule has 2 aromatic rings. The van der Waals surface area contributed by atoms with Crippen LogP contribution in [0.3, 0.4) is 0 Å². The minimum absolute atomic E-state index is 0.0690. The van der Waals surface area contributed by atoms with E-state index in [1.165, 1.54) is 10.4 Å². The topological polar surface area (TPSA) is 57.3 Å². The van der Waals surface area contributed by atoms with Gasteiger partial charge in [-0.3, -0.25) is 0 Å². The van der Waals surface area contributed by atoms with Gasteiger partial charge in [-0.05, 0) is 36.8 Å². The largest absolute Gasteiger partial charge is 0.348 e. The first-order chi connectivity index (χ1) is 10.7. The summed E-state index contributed by atoms with van der Waals surface area (Å²) in [7, 11) is 0. The Hall–Kier alpha value is -1.60. The summed E-state index contributed by atoms with van der Waals surface area (Å²) in [6.45, 7) is 4.57. The van der Waals surface area contributed by atoms with Crippen LogP contribution in [-0.4, -0.2) is 30.1 Å². The maximum atomic E-state index is 12.0. The third-order valence-corrected chi connectivity index (χ3v) is 5.75. The second kappa shape index (κ2) is 7.11. The van der Waals surface area contributed by atoms with Crippen molar-refractivity contribution in [3.8, 4) is 0 Å². The van der Waals surface area contributed by atoms with Crippen LogP contribution in [0, 0.1) is 6.92 Å². The van der Waals surface area contributed by atoms with Gasteiger partial charge in [0.1, 0.15) is 0 Å². The maximum absolute atomic E-state index is 12.0. The summed E-state index contributed by atoms with van der Waals surface area (Å²) in [5.41, 5.74) is 1.24. The minimum Gasteiger partial charge on any atom is -0.348 e. The number of carbonyl (C=O) groups excluding carboxylic acids is 1. The molecule has 0 unspecified atom stereocenters. The van der Waals surface area contributed by atoms with E-state index in [9.17, 15) is 4.79 Å². The van der Waals surface area contributed by atoms with Crippen LogP contribution >= 0.6 is 22.7 Å². The molecular weight excluding hydrogens is 316 g/mol. The van der Waals surface area contributed by atoms with Gasteiger partial charge in [-0.15, -0.1) is 22.7 Å². The van der Waals surface area contributed by atoms with Crippen LogP contribution in [0.4, 0.5) is 9.93 Å². The predicted molar refractivity (Wildman–Crippen MR) is 91.8 cm³/mol. The van der Waals surface area contributed by atoms with Crippen molar-refractivity contribution in [1.82, 2.24) is 15.6 Å². The van der Waals surface area contributed by atoms with E-state index in [0.717, 1.165) is 31.1 Å². The van der Waals surface area contributed by atoms with Gasteiger partial charge in [0, 0.05) is 35.6 Å². The molecule has 0 atom stereocenters. The van der Waals surface area contributed by atoms with E-state index >= 15 is 0 Å². The molecule has 3 rings (SSSR count). The molecule has 2 aromatic heterocycles. The monoisotopic (exact) mass is 336 g/mol. The third-order valence-electron chi connectivity index (χ3n) is 3.90. The van der Waals surface area contributed by atoms with Crippen molar-refractivity contribution in [1.29, 1.82) is 0 Å². The van der Waals surface area contributed by atoms with Crippen molar-refractivity contribution < 1.29 is 4.79 Å². The quantitative estimate of drug-likeness (QED) is 0.902. The first-order valence-electron chi connectivity index (χ1n) is 7.44. The third kappa shape index (κ3) is 3.78. The van der Waals surface area contributed by atoms with E-state index in [4.69, 9.17) is 0 Å². The summed E-state index contributed by atoms with van der Waals surface area (Å²) in [6.07, 6.45) is 3.76. The zero-order valence-electron chi connectivity index (χ0n) is 12.5. The van der Waals surface area contributed by atoms with Gasteiger partial charge in [0.25, 0.3) is 0 Å². The molecule has 0 bridgehead atoms. The molecule has 1 fully saturated rings. The van der Waals surface area contributed by atoms with Crippen LogP contribution in [0.5, 0.6) is 0 Å². The Morgan fingerprint density at radius 3 is 2.82 bits per heavy atom. The zero-order valence-corrected chi connectivity index (χ0v) is 14.2. The lowest BCUT2D eigenvalue weighted by molar-refractivity contribution is 0.234. The van der Waals surface area contributed by atoms with E-state index in [1.54, 1.807) is 22.7 Å². The van der Waals surface area contributed by atoms with Gasteiger partial charge in [-0.25, -0.2) is 9.78 Å². The minimum atomic E-state index is -0.0690. The summed E-state index contributed by atoms with van der Waals surface area (Å²) in [5, 5.41) is 11.2. The standard InChI is InChI=1S/C15H20N4OS2/c1-11-4-8-21-13(11)10-17-14(20)18-12-2-6-19(7-3-12)15-16-5-9-22-15/h4-5,8-9,12H,2-3,6-7,10H2,1H3,(H2,17,18,20). The molecule has 22 heavy (non-hydrogen) atoms. The number of anilines is 1. The van der Waals surface area contributed by atoms with Crippen molar-refractivity contribution in [3.05, 3.63) is 33.5 Å². The molecule has 2 amide bonds. The first-order valence-corrected chi connectivity index (χ1v) is 9.20. The SMILES string of the molecule is Cc1ccsc1CNC(=O)NC1CCN(c2nccs2)CC1. The molecule has 0 saturated carbocycles. The molecule has 0 spiro atoms. The van der Waals surface area contributed by atoms with Crippen molar-refractivity contribution in [2.45, 2.75) is 32.4 Å². The smallest absolute Gasteiger partial charge is 0.315 e. The summed E-state index contributed by atoms with van der Waals surface area (Å²) >= 11 is 3.35. The average molecular weight is 336 g/mol. The Balaban J connectivity index is 1.41. The number of nitrogens with zero attached hydrogens (tertiary/aromatic N) is 2. The highest BCUT2D eigenvalue weighted by Gasteiger charge is 2.21. The lowest BCUT2D eigenvalue weighted by atomic mass is 10.1. The summed E-state index contributed by atoms with van der Waals surface area (Å²) in [5.74, 6) is 0. The molecule has 7 heteroatoms. The lowest BCUT2D eigenvalue weighted by Gasteiger charge is -2.32. The number of carbonyl (C=O) groups is 1. The highest BCUT2D eigenvalue weighted by atomic mass is 32.1. The molecule has 0 aliphatic carbocycles. The van der Waals surface area contributed by atoms with Crippen LogP contribution in [0.1, 0.15) is 23.3 Å². The number of aryl methyl sites for hydroxylation is 1. The molecule has 1 aliphatic rings. The Labute approximate surface area is 138 Å². The average Bonchev–Trinajstić information content (AvgIpc) is 3.18. The molecule has 3 heterocycles. The molecular formula is C15H20N4OS2. The number of urea groups is 1. The Kier molecular flexibility index (Phi) is 4.94. The fourth-order valence-corrected chi connectivity index (χ4v) is 4.11. The number of thiazole rings is 1. The maximum Gasteiger partial charge on any atom is 0.315 e. The molecule has 1 saturated heterocycles. The Bertz CT molecular complexity index is 603. The van der Waals surface area contributed by atoms with E-state index in [0.29, 0.717) is 6.54 Å². The summed E-state index contributed by atoms with van der Waals surface area (Å²) < 4.78 is 0. The second-order valence-electron chi connectivity index (χ2n) is 5.43.